The Morgan fingerprint density at radius 2 is 2.19 bits per heavy atom. The van der Waals surface area contributed by atoms with E-state index in [-0.39, 0.29) is 26.4 Å². The van der Waals surface area contributed by atoms with Gasteiger partial charge in [0.2, 0.25) is 0 Å². The van der Waals surface area contributed by atoms with Gasteiger partial charge < -0.3 is 5.43 Å². The summed E-state index contributed by atoms with van der Waals surface area (Å²) in [5.41, 5.74) is 1.93. The Morgan fingerprint density at radius 3 is 2.62 bits per heavy atom. The number of nitrogens with two attached hydrogens (primary N) is 1. The quantitative estimate of drug-likeness (QED) is 0.428. The molecule has 21 heavy (non-hydrogen) atoms. The molecule has 118 valence electrons. The maximum absolute atomic E-state index is 12.3. The van der Waals surface area contributed by atoms with Gasteiger partial charge in [0, 0.05) is 12.1 Å². The molecule has 1 aliphatic carbocycles. The Labute approximate surface area is 126 Å². The lowest BCUT2D eigenvalue weighted by atomic mass is 9.92. The fourth-order valence-corrected chi connectivity index (χ4v) is 5.07. The van der Waals surface area contributed by atoms with Gasteiger partial charge in [0.15, 0.2) is 5.00 Å². The summed E-state index contributed by atoms with van der Waals surface area (Å²) in [4.78, 5) is 10.2. The minimum Gasteiger partial charge on any atom is -0.310 e. The van der Waals surface area contributed by atoms with Crippen molar-refractivity contribution >= 4 is 32.0 Å². The Morgan fingerprint density at radius 1 is 1.52 bits per heavy atom. The predicted molar refractivity (Wildman–Crippen MR) is 80.5 cm³/mol. The second kappa shape index (κ2) is 5.52. The maximum atomic E-state index is 12.3. The van der Waals surface area contributed by atoms with Crippen LogP contribution in [-0.4, -0.2) is 19.4 Å². The third-order valence-corrected chi connectivity index (χ3v) is 6.62. The van der Waals surface area contributed by atoms with Gasteiger partial charge in [0.05, 0.1) is 4.92 Å². The summed E-state index contributed by atoms with van der Waals surface area (Å²) in [6.07, 6.45) is 2.46. The van der Waals surface area contributed by atoms with Crippen molar-refractivity contribution in [2.75, 3.05) is 5.43 Å². The molecule has 8 nitrogen and oxygen atoms in total. The van der Waals surface area contributed by atoms with E-state index >= 15 is 0 Å². The Balaban J connectivity index is 2.22. The number of nitrogen functional groups attached to an aromatic ring is 1. The highest BCUT2D eigenvalue weighted by atomic mass is 32.2. The second-order valence-electron chi connectivity index (χ2n) is 5.91. The van der Waals surface area contributed by atoms with Crippen molar-refractivity contribution in [3.05, 3.63) is 16.2 Å². The molecule has 1 aromatic rings. The van der Waals surface area contributed by atoms with Crippen LogP contribution in [0.2, 0.25) is 0 Å². The molecule has 0 saturated heterocycles. The minimum atomic E-state index is -3.77. The van der Waals surface area contributed by atoms with Crippen LogP contribution < -0.4 is 16.0 Å². The second-order valence-corrected chi connectivity index (χ2v) is 8.90. The van der Waals surface area contributed by atoms with Crippen LogP contribution in [0.5, 0.6) is 0 Å². The highest BCUT2D eigenvalue weighted by molar-refractivity contribution is 7.91. The van der Waals surface area contributed by atoms with Crippen LogP contribution in [0.1, 0.15) is 33.1 Å². The number of hydrazine groups is 1. The van der Waals surface area contributed by atoms with E-state index in [0.717, 1.165) is 36.7 Å². The van der Waals surface area contributed by atoms with Crippen molar-refractivity contribution in [2.45, 2.75) is 43.4 Å². The molecule has 0 aromatic carbocycles. The first-order valence-corrected chi connectivity index (χ1v) is 8.72. The molecule has 1 heterocycles. The van der Waals surface area contributed by atoms with Gasteiger partial charge in [-0.15, -0.1) is 0 Å². The number of sulfonamides is 1. The number of nitrogens with zero attached hydrogens (tertiary/aromatic N) is 1. The van der Waals surface area contributed by atoms with E-state index in [4.69, 9.17) is 5.84 Å². The van der Waals surface area contributed by atoms with Gasteiger partial charge in [0.1, 0.15) is 4.21 Å². The third-order valence-electron chi connectivity index (χ3n) is 3.57. The molecule has 10 heteroatoms. The molecular formula is C11H18N4O4S2. The summed E-state index contributed by atoms with van der Waals surface area (Å²) in [6.45, 7) is 4.18. The van der Waals surface area contributed by atoms with Crippen LogP contribution in [0.25, 0.3) is 0 Å². The number of anilines is 1. The molecule has 0 spiro atoms. The Hall–Kier alpha value is -1.23. The van der Waals surface area contributed by atoms with Crippen LogP contribution >= 0.6 is 11.3 Å². The molecule has 0 amide bonds. The average molecular weight is 334 g/mol. The van der Waals surface area contributed by atoms with Crippen molar-refractivity contribution in [1.29, 1.82) is 0 Å². The molecule has 1 fully saturated rings. The van der Waals surface area contributed by atoms with Crippen molar-refractivity contribution in [3.63, 3.8) is 0 Å². The SMILES string of the molecule is CC1(C)CCC(NS(=O)(=O)c2cc([N+](=O)[O-])c(NN)s2)C1. The van der Waals surface area contributed by atoms with Crippen molar-refractivity contribution in [2.24, 2.45) is 11.3 Å². The predicted octanol–water partition coefficient (Wildman–Crippen LogP) is 1.80. The summed E-state index contributed by atoms with van der Waals surface area (Å²) in [6, 6.07) is 0.892. The van der Waals surface area contributed by atoms with Crippen LogP contribution in [0.3, 0.4) is 0 Å². The van der Waals surface area contributed by atoms with Crippen molar-refractivity contribution < 1.29 is 13.3 Å². The number of nitro groups is 1. The fraction of sp³-hybridized carbons (Fsp3) is 0.636. The average Bonchev–Trinajstić information content (AvgIpc) is 2.92. The lowest BCUT2D eigenvalue weighted by Crippen LogP contribution is -2.33. The monoisotopic (exact) mass is 334 g/mol. The third kappa shape index (κ3) is 3.51. The topological polar surface area (TPSA) is 127 Å². The van der Waals surface area contributed by atoms with E-state index in [9.17, 15) is 18.5 Å². The van der Waals surface area contributed by atoms with E-state index in [2.05, 4.69) is 24.0 Å². The van der Waals surface area contributed by atoms with E-state index in [1.807, 2.05) is 0 Å². The molecule has 0 radical (unpaired) electrons. The molecule has 2 rings (SSSR count). The number of rotatable bonds is 5. The highest BCUT2D eigenvalue weighted by Gasteiger charge is 2.35. The lowest BCUT2D eigenvalue weighted by molar-refractivity contribution is -0.383. The van der Waals surface area contributed by atoms with E-state index in [1.165, 1.54) is 0 Å². The first-order chi connectivity index (χ1) is 9.64. The molecule has 1 aromatic heterocycles. The van der Waals surface area contributed by atoms with Gasteiger partial charge >= 0.3 is 5.69 Å². The number of hydrogen-bond acceptors (Lipinski definition) is 7. The lowest BCUT2D eigenvalue weighted by Gasteiger charge is -2.17. The highest BCUT2D eigenvalue weighted by Crippen LogP contribution is 2.39. The van der Waals surface area contributed by atoms with Gasteiger partial charge in [0.25, 0.3) is 10.0 Å². The molecule has 4 N–H and O–H groups in total. The Kier molecular flexibility index (Phi) is 4.24. The van der Waals surface area contributed by atoms with Gasteiger partial charge in [-0.2, -0.15) is 0 Å². The standard InChI is InChI=1S/C11H18N4O4S2/c1-11(2)4-3-7(6-11)14-21(18,19)9-5-8(15(16)17)10(13-12)20-9/h5,7,13-14H,3-4,6,12H2,1-2H3. The summed E-state index contributed by atoms with van der Waals surface area (Å²) < 4.78 is 27.1. The van der Waals surface area contributed by atoms with Crippen LogP contribution in [0.4, 0.5) is 10.7 Å². The van der Waals surface area contributed by atoms with Crippen LogP contribution in [0.15, 0.2) is 10.3 Å². The zero-order chi connectivity index (χ0) is 15.8. The van der Waals surface area contributed by atoms with Crippen LogP contribution in [0, 0.1) is 15.5 Å². The van der Waals surface area contributed by atoms with Gasteiger partial charge in [-0.05, 0) is 24.7 Å². The summed E-state index contributed by atoms with van der Waals surface area (Å²) in [7, 11) is -3.77. The van der Waals surface area contributed by atoms with Crippen molar-refractivity contribution in [1.82, 2.24) is 4.72 Å². The van der Waals surface area contributed by atoms with Gasteiger partial charge in [-0.25, -0.2) is 19.0 Å². The summed E-state index contributed by atoms with van der Waals surface area (Å²) in [5, 5.41) is 10.9. The zero-order valence-electron chi connectivity index (χ0n) is 11.8. The van der Waals surface area contributed by atoms with E-state index < -0.39 is 14.9 Å². The molecule has 1 unspecified atom stereocenters. The van der Waals surface area contributed by atoms with E-state index in [0.29, 0.717) is 0 Å². The first-order valence-electron chi connectivity index (χ1n) is 6.42. The molecule has 1 atom stereocenters. The fourth-order valence-electron chi connectivity index (χ4n) is 2.55. The molecule has 0 bridgehead atoms. The molecular weight excluding hydrogens is 316 g/mol. The normalized spacial score (nSPS) is 21.4. The molecule has 1 aliphatic rings. The van der Waals surface area contributed by atoms with Crippen molar-refractivity contribution in [3.8, 4) is 0 Å². The Bertz CT molecular complexity index is 653. The minimum absolute atomic E-state index is 0.0205. The van der Waals surface area contributed by atoms with Crippen LogP contribution in [-0.2, 0) is 10.0 Å². The first kappa shape index (κ1) is 16.1. The zero-order valence-corrected chi connectivity index (χ0v) is 13.4. The van der Waals surface area contributed by atoms with Gasteiger partial charge in [-0.1, -0.05) is 25.2 Å². The summed E-state index contributed by atoms with van der Waals surface area (Å²) >= 11 is 0.750. The summed E-state index contributed by atoms with van der Waals surface area (Å²) in [5.74, 6) is 5.18. The maximum Gasteiger partial charge on any atom is 0.306 e. The van der Waals surface area contributed by atoms with Gasteiger partial charge in [-0.3, -0.25) is 10.1 Å². The number of hydrogen-bond donors (Lipinski definition) is 3. The largest absolute Gasteiger partial charge is 0.310 e. The number of thiophene rings is 1. The molecule has 0 aliphatic heterocycles. The smallest absolute Gasteiger partial charge is 0.306 e. The molecule has 1 saturated carbocycles. The number of nitrogens with one attached hydrogen (secondary N) is 2. The van der Waals surface area contributed by atoms with E-state index in [1.54, 1.807) is 0 Å².